The lowest BCUT2D eigenvalue weighted by atomic mass is 10.0. The quantitative estimate of drug-likeness (QED) is 0.733. The first-order chi connectivity index (χ1) is 13.6. The molecule has 28 heavy (non-hydrogen) atoms. The third kappa shape index (κ3) is 3.22. The Morgan fingerprint density at radius 1 is 0.893 bits per heavy atom. The Hall–Kier alpha value is -3.28. The second-order valence-corrected chi connectivity index (χ2v) is 6.49. The number of halogens is 1. The minimum absolute atomic E-state index is 0.0533. The molecule has 0 saturated heterocycles. The molecule has 3 aromatic rings. The second kappa shape index (κ2) is 7.38. The summed E-state index contributed by atoms with van der Waals surface area (Å²) in [5.41, 5.74) is -0.386. The van der Waals surface area contributed by atoms with Gasteiger partial charge in [-0.25, -0.2) is 4.39 Å². The molecule has 0 fully saturated rings. The summed E-state index contributed by atoms with van der Waals surface area (Å²) in [7, 11) is 0. The minimum Gasteiger partial charge on any atom is -0.362 e. The van der Waals surface area contributed by atoms with Gasteiger partial charge in [0.25, 0.3) is 5.91 Å². The predicted molar refractivity (Wildman–Crippen MR) is 103 cm³/mol. The van der Waals surface area contributed by atoms with E-state index in [4.69, 9.17) is 4.84 Å². The van der Waals surface area contributed by atoms with Crippen LogP contribution in [0.15, 0.2) is 91.0 Å². The van der Waals surface area contributed by atoms with Crippen LogP contribution in [-0.2, 0) is 22.0 Å². The zero-order valence-corrected chi connectivity index (χ0v) is 15.0. The lowest BCUT2D eigenvalue weighted by Crippen LogP contribution is -2.43. The Morgan fingerprint density at radius 3 is 2.18 bits per heavy atom. The SMILES string of the molecule is O=C1C(c2ccccc2F)=CC(O)(c2ccccc2)N1OCc1ccccc1. The van der Waals surface area contributed by atoms with Gasteiger partial charge in [-0.15, -0.1) is 0 Å². The maximum absolute atomic E-state index is 14.3. The van der Waals surface area contributed by atoms with Crippen LogP contribution in [-0.4, -0.2) is 16.1 Å². The molecule has 3 aromatic carbocycles. The van der Waals surface area contributed by atoms with Gasteiger partial charge in [-0.2, -0.15) is 5.06 Å². The first kappa shape index (κ1) is 18.1. The van der Waals surface area contributed by atoms with E-state index >= 15 is 0 Å². The molecule has 0 radical (unpaired) electrons. The summed E-state index contributed by atoms with van der Waals surface area (Å²) >= 11 is 0. The number of amides is 1. The Labute approximate surface area is 162 Å². The van der Waals surface area contributed by atoms with Crippen molar-refractivity contribution < 1.29 is 19.1 Å². The molecule has 1 N–H and O–H groups in total. The number of carbonyl (C=O) groups is 1. The Bertz CT molecular complexity index is 1020. The van der Waals surface area contributed by atoms with Gasteiger partial charge in [-0.3, -0.25) is 9.63 Å². The zero-order chi connectivity index (χ0) is 19.6. The second-order valence-electron chi connectivity index (χ2n) is 6.49. The molecule has 5 heteroatoms. The van der Waals surface area contributed by atoms with Gasteiger partial charge in [-0.05, 0) is 17.7 Å². The van der Waals surface area contributed by atoms with E-state index in [2.05, 4.69) is 0 Å². The number of aliphatic hydroxyl groups is 1. The highest BCUT2D eigenvalue weighted by Gasteiger charge is 2.47. The molecule has 1 heterocycles. The van der Waals surface area contributed by atoms with Crippen molar-refractivity contribution in [2.75, 3.05) is 0 Å². The van der Waals surface area contributed by atoms with E-state index in [-0.39, 0.29) is 17.7 Å². The summed E-state index contributed by atoms with van der Waals surface area (Å²) in [6.07, 6.45) is 1.34. The van der Waals surface area contributed by atoms with E-state index in [1.54, 1.807) is 42.5 Å². The lowest BCUT2D eigenvalue weighted by molar-refractivity contribution is -0.262. The largest absolute Gasteiger partial charge is 0.362 e. The van der Waals surface area contributed by atoms with Crippen LogP contribution in [0.25, 0.3) is 5.57 Å². The number of benzene rings is 3. The number of nitrogens with zero attached hydrogens (tertiary/aromatic N) is 1. The Kier molecular flexibility index (Phi) is 4.77. The fourth-order valence-corrected chi connectivity index (χ4v) is 3.21. The third-order valence-corrected chi connectivity index (χ3v) is 4.64. The Morgan fingerprint density at radius 2 is 1.50 bits per heavy atom. The number of hydroxylamine groups is 2. The number of rotatable bonds is 5. The molecule has 1 amide bonds. The highest BCUT2D eigenvalue weighted by molar-refractivity contribution is 6.21. The fourth-order valence-electron chi connectivity index (χ4n) is 3.21. The van der Waals surface area contributed by atoms with E-state index in [9.17, 15) is 14.3 Å². The van der Waals surface area contributed by atoms with Gasteiger partial charge in [0.15, 0.2) is 0 Å². The highest BCUT2D eigenvalue weighted by atomic mass is 19.1. The molecule has 4 rings (SSSR count). The average Bonchev–Trinajstić information content (AvgIpc) is 2.99. The molecule has 4 nitrogen and oxygen atoms in total. The molecule has 0 saturated carbocycles. The van der Waals surface area contributed by atoms with Crippen molar-refractivity contribution in [3.05, 3.63) is 114 Å². The first-order valence-electron chi connectivity index (χ1n) is 8.86. The Balaban J connectivity index is 1.74. The first-order valence-corrected chi connectivity index (χ1v) is 8.86. The van der Waals surface area contributed by atoms with Gasteiger partial charge in [0.05, 0.1) is 5.57 Å². The summed E-state index contributed by atoms with van der Waals surface area (Å²) < 4.78 is 14.3. The van der Waals surface area contributed by atoms with E-state index in [0.717, 1.165) is 10.6 Å². The van der Waals surface area contributed by atoms with Crippen molar-refractivity contribution in [1.82, 2.24) is 5.06 Å². The molecular weight excluding hydrogens is 357 g/mol. The van der Waals surface area contributed by atoms with Crippen LogP contribution in [0.1, 0.15) is 16.7 Å². The molecule has 0 aliphatic carbocycles. The van der Waals surface area contributed by atoms with Crippen molar-refractivity contribution in [2.24, 2.45) is 0 Å². The van der Waals surface area contributed by atoms with Crippen molar-refractivity contribution in [2.45, 2.75) is 12.3 Å². The van der Waals surface area contributed by atoms with Gasteiger partial charge in [-0.1, -0.05) is 78.9 Å². The van der Waals surface area contributed by atoms with Crippen LogP contribution in [0, 0.1) is 5.82 Å². The molecule has 0 spiro atoms. The van der Waals surface area contributed by atoms with Crippen LogP contribution in [0.2, 0.25) is 0 Å². The molecule has 1 aliphatic rings. The number of carbonyl (C=O) groups excluding carboxylic acids is 1. The minimum atomic E-state index is -1.84. The van der Waals surface area contributed by atoms with E-state index in [1.165, 1.54) is 18.2 Å². The topological polar surface area (TPSA) is 49.8 Å². The molecule has 0 bridgehead atoms. The van der Waals surface area contributed by atoms with Crippen molar-refractivity contribution in [1.29, 1.82) is 0 Å². The molecule has 140 valence electrons. The number of hydrogen-bond acceptors (Lipinski definition) is 3. The van der Waals surface area contributed by atoms with E-state index < -0.39 is 17.4 Å². The fraction of sp³-hybridized carbons (Fsp3) is 0.0870. The van der Waals surface area contributed by atoms with Gasteiger partial charge in [0.1, 0.15) is 12.4 Å². The monoisotopic (exact) mass is 375 g/mol. The third-order valence-electron chi connectivity index (χ3n) is 4.64. The molecule has 1 atom stereocenters. The maximum Gasteiger partial charge on any atom is 0.281 e. The predicted octanol–water partition coefficient (Wildman–Crippen LogP) is 4.03. The van der Waals surface area contributed by atoms with E-state index in [0.29, 0.717) is 5.56 Å². The normalized spacial score (nSPS) is 19.0. The summed E-state index contributed by atoms with van der Waals surface area (Å²) in [6.45, 7) is 0.0834. The van der Waals surface area contributed by atoms with Crippen LogP contribution in [0.5, 0.6) is 0 Å². The van der Waals surface area contributed by atoms with Crippen LogP contribution in [0.3, 0.4) is 0 Å². The number of hydrogen-bond donors (Lipinski definition) is 1. The van der Waals surface area contributed by atoms with Crippen molar-refractivity contribution in [3.63, 3.8) is 0 Å². The molecule has 0 aromatic heterocycles. The highest BCUT2D eigenvalue weighted by Crippen LogP contribution is 2.40. The van der Waals surface area contributed by atoms with Gasteiger partial charge < -0.3 is 5.11 Å². The zero-order valence-electron chi connectivity index (χ0n) is 15.0. The summed E-state index contributed by atoms with van der Waals surface area (Å²) in [4.78, 5) is 18.8. The van der Waals surface area contributed by atoms with Gasteiger partial charge in [0, 0.05) is 11.1 Å². The summed E-state index contributed by atoms with van der Waals surface area (Å²) in [5, 5.41) is 12.3. The van der Waals surface area contributed by atoms with Crippen LogP contribution < -0.4 is 0 Å². The van der Waals surface area contributed by atoms with Crippen molar-refractivity contribution in [3.8, 4) is 0 Å². The molecule has 1 aliphatic heterocycles. The van der Waals surface area contributed by atoms with Gasteiger partial charge >= 0.3 is 0 Å². The maximum atomic E-state index is 14.3. The van der Waals surface area contributed by atoms with E-state index in [1.807, 2.05) is 30.3 Å². The average molecular weight is 375 g/mol. The summed E-state index contributed by atoms with van der Waals surface area (Å²) in [5.74, 6) is -1.14. The molecule has 1 unspecified atom stereocenters. The van der Waals surface area contributed by atoms with Crippen molar-refractivity contribution >= 4 is 11.5 Å². The smallest absolute Gasteiger partial charge is 0.281 e. The standard InChI is InChI=1S/C23H18FNO3/c24-21-14-8-7-13-19(21)20-15-23(27,18-11-5-2-6-12-18)25(22(20)26)28-16-17-9-3-1-4-10-17/h1-15,27H,16H2. The van der Waals surface area contributed by atoms with Crippen LogP contribution >= 0.6 is 0 Å². The van der Waals surface area contributed by atoms with Gasteiger partial charge in [0.2, 0.25) is 5.72 Å². The summed E-state index contributed by atoms with van der Waals surface area (Å²) in [6, 6.07) is 24.0. The molecular formula is C23H18FNO3. The van der Waals surface area contributed by atoms with Crippen LogP contribution in [0.4, 0.5) is 4.39 Å². The lowest BCUT2D eigenvalue weighted by Gasteiger charge is -2.32.